The van der Waals surface area contributed by atoms with Gasteiger partial charge in [-0.05, 0) is 48.0 Å². The van der Waals surface area contributed by atoms with Crippen LogP contribution in [0.25, 0.3) is 10.9 Å². The Balaban J connectivity index is 2.14. The number of aromatic nitrogens is 1. The van der Waals surface area contributed by atoms with E-state index < -0.39 is 12.1 Å². The van der Waals surface area contributed by atoms with E-state index in [2.05, 4.69) is 10.2 Å². The fourth-order valence-corrected chi connectivity index (χ4v) is 3.52. The summed E-state index contributed by atoms with van der Waals surface area (Å²) >= 11 is 12.5. The largest absolute Gasteiger partial charge is 0.465 e. The second kappa shape index (κ2) is 7.07. The highest BCUT2D eigenvalue weighted by Gasteiger charge is 2.24. The number of fused-ring (bicyclic) bond motifs is 1. The number of hydrogen-bond acceptors (Lipinski definition) is 5. The van der Waals surface area contributed by atoms with Gasteiger partial charge in [0.1, 0.15) is 11.8 Å². The van der Waals surface area contributed by atoms with Gasteiger partial charge in [-0.15, -0.1) is 4.91 Å². The molecule has 0 saturated heterocycles. The predicted molar refractivity (Wildman–Crippen MR) is 100 cm³/mol. The van der Waals surface area contributed by atoms with Crippen LogP contribution in [0.5, 0.6) is 0 Å². The van der Waals surface area contributed by atoms with Gasteiger partial charge in [-0.25, -0.2) is 4.79 Å². The third-order valence-corrected chi connectivity index (χ3v) is 4.89. The van der Waals surface area contributed by atoms with Crippen LogP contribution >= 0.6 is 23.2 Å². The van der Waals surface area contributed by atoms with Crippen LogP contribution in [0.3, 0.4) is 0 Å². The van der Waals surface area contributed by atoms with Gasteiger partial charge in [-0.3, -0.25) is 0 Å². The number of carbonyl (C=O) groups excluding carboxylic acids is 1. The van der Waals surface area contributed by atoms with Crippen LogP contribution < -0.4 is 0 Å². The summed E-state index contributed by atoms with van der Waals surface area (Å²) in [5, 5.41) is 14.8. The zero-order chi connectivity index (χ0) is 19.0. The Hall–Kier alpha value is -2.41. The van der Waals surface area contributed by atoms with Crippen molar-refractivity contribution in [2.24, 2.45) is 5.18 Å². The van der Waals surface area contributed by atoms with E-state index in [-0.39, 0.29) is 26.9 Å². The number of carbonyl (C=O) groups is 1. The first-order valence-electron chi connectivity index (χ1n) is 7.58. The summed E-state index contributed by atoms with van der Waals surface area (Å²) in [5.41, 5.74) is 2.46. The summed E-state index contributed by atoms with van der Waals surface area (Å²) in [6, 6.07) is 7.88. The second-order valence-electron chi connectivity index (χ2n) is 5.76. The number of ether oxygens (including phenoxy) is 1. The molecule has 134 valence electrons. The third kappa shape index (κ3) is 3.07. The lowest BCUT2D eigenvalue weighted by Crippen LogP contribution is -2.08. The maximum Gasteiger partial charge on any atom is 0.339 e. The first-order chi connectivity index (χ1) is 12.4. The van der Waals surface area contributed by atoms with Crippen LogP contribution in [0.1, 0.15) is 33.3 Å². The molecule has 6 nitrogen and oxygen atoms in total. The van der Waals surface area contributed by atoms with Crippen molar-refractivity contribution >= 4 is 45.8 Å². The highest BCUT2D eigenvalue weighted by molar-refractivity contribution is 6.38. The lowest BCUT2D eigenvalue weighted by atomic mass is 10.0. The Morgan fingerprint density at radius 2 is 2.00 bits per heavy atom. The number of nitrogens with one attached hydrogen (secondary N) is 1. The fourth-order valence-electron chi connectivity index (χ4n) is 2.86. The molecule has 0 aliphatic heterocycles. The van der Waals surface area contributed by atoms with Gasteiger partial charge in [0.05, 0.1) is 17.7 Å². The quantitative estimate of drug-likeness (QED) is 0.479. The molecular weight excluding hydrogens is 379 g/mol. The monoisotopic (exact) mass is 392 g/mol. The topological polar surface area (TPSA) is 91.8 Å². The number of nitroso groups, excluding NO2 is 1. The van der Waals surface area contributed by atoms with E-state index in [1.807, 2.05) is 6.92 Å². The van der Waals surface area contributed by atoms with Crippen LogP contribution in [-0.2, 0) is 4.74 Å². The van der Waals surface area contributed by atoms with Crippen LogP contribution in [0, 0.1) is 11.8 Å². The number of hydrogen-bond donors (Lipinski definition) is 2. The SMILES string of the molecule is COC(=O)c1ccc(Cl)c(C(O)c2cc3c(C)cc(N=O)cc3[nH]2)c1Cl. The van der Waals surface area contributed by atoms with Crippen LogP contribution in [-0.4, -0.2) is 23.2 Å². The van der Waals surface area contributed by atoms with Crippen molar-refractivity contribution in [3.8, 4) is 0 Å². The maximum absolute atomic E-state index is 11.8. The second-order valence-corrected chi connectivity index (χ2v) is 6.54. The number of H-pyrrole nitrogens is 1. The molecule has 0 aliphatic carbocycles. The standard InChI is InChI=1S/C18H14Cl2N2O4/c1-8-5-9(22-25)6-13-11(8)7-14(21-13)17(23)15-12(19)4-3-10(16(15)20)18(24)26-2/h3-7,17,21,23H,1-2H3. The van der Waals surface area contributed by atoms with Gasteiger partial charge in [0.2, 0.25) is 0 Å². The molecule has 0 radical (unpaired) electrons. The lowest BCUT2D eigenvalue weighted by molar-refractivity contribution is 0.0600. The van der Waals surface area contributed by atoms with Crippen molar-refractivity contribution in [2.75, 3.05) is 7.11 Å². The highest BCUT2D eigenvalue weighted by Crippen LogP contribution is 2.38. The molecule has 0 spiro atoms. The summed E-state index contributed by atoms with van der Waals surface area (Å²) in [4.78, 5) is 25.7. The molecule has 0 bridgehead atoms. The van der Waals surface area contributed by atoms with Gasteiger partial charge in [0.25, 0.3) is 0 Å². The van der Waals surface area contributed by atoms with Gasteiger partial charge >= 0.3 is 5.97 Å². The number of halogens is 2. The number of aromatic amines is 1. The summed E-state index contributed by atoms with van der Waals surface area (Å²) in [6.07, 6.45) is -1.21. The van der Waals surface area contributed by atoms with Crippen molar-refractivity contribution in [1.29, 1.82) is 0 Å². The van der Waals surface area contributed by atoms with Crippen molar-refractivity contribution in [1.82, 2.24) is 4.98 Å². The molecule has 3 aromatic rings. The Kier molecular flexibility index (Phi) is 5.00. The Morgan fingerprint density at radius 3 is 2.65 bits per heavy atom. The molecule has 1 unspecified atom stereocenters. The molecule has 3 rings (SSSR count). The van der Waals surface area contributed by atoms with E-state index in [0.29, 0.717) is 11.2 Å². The molecular formula is C18H14Cl2N2O4. The molecule has 8 heteroatoms. The molecule has 0 fully saturated rings. The zero-order valence-electron chi connectivity index (χ0n) is 13.8. The third-order valence-electron chi connectivity index (χ3n) is 4.16. The van der Waals surface area contributed by atoms with Crippen LogP contribution in [0.2, 0.25) is 10.0 Å². The van der Waals surface area contributed by atoms with E-state index in [1.165, 1.54) is 19.2 Å². The molecule has 1 atom stereocenters. The fraction of sp³-hybridized carbons (Fsp3) is 0.167. The molecule has 26 heavy (non-hydrogen) atoms. The molecule has 1 heterocycles. The minimum Gasteiger partial charge on any atom is -0.465 e. The van der Waals surface area contributed by atoms with Gasteiger partial charge in [-0.2, -0.15) is 0 Å². The zero-order valence-corrected chi connectivity index (χ0v) is 15.4. The number of benzene rings is 2. The molecule has 0 aliphatic rings. The van der Waals surface area contributed by atoms with Crippen molar-refractivity contribution in [3.05, 3.63) is 67.7 Å². The van der Waals surface area contributed by atoms with Gasteiger partial charge in [0, 0.05) is 27.2 Å². The number of esters is 1. The maximum atomic E-state index is 11.8. The van der Waals surface area contributed by atoms with Gasteiger partial charge in [-0.1, -0.05) is 23.2 Å². The number of aliphatic hydroxyl groups excluding tert-OH is 1. The van der Waals surface area contributed by atoms with E-state index >= 15 is 0 Å². The molecule has 0 amide bonds. The number of aliphatic hydroxyl groups is 1. The van der Waals surface area contributed by atoms with Crippen molar-refractivity contribution < 1.29 is 14.6 Å². The van der Waals surface area contributed by atoms with Crippen molar-refractivity contribution in [2.45, 2.75) is 13.0 Å². The van der Waals surface area contributed by atoms with Crippen LogP contribution in [0.4, 0.5) is 5.69 Å². The number of aryl methyl sites for hydroxylation is 1. The summed E-state index contributed by atoms with van der Waals surface area (Å²) < 4.78 is 4.69. The minimum atomic E-state index is -1.21. The predicted octanol–water partition coefficient (Wildman–Crippen LogP) is 5.05. The normalized spacial score (nSPS) is 12.2. The minimum absolute atomic E-state index is 0.0162. The summed E-state index contributed by atoms with van der Waals surface area (Å²) in [7, 11) is 1.24. The van der Waals surface area contributed by atoms with Crippen LogP contribution in [0.15, 0.2) is 35.5 Å². The number of methoxy groups -OCH3 is 1. The molecule has 0 saturated carbocycles. The average molecular weight is 393 g/mol. The van der Waals surface area contributed by atoms with Gasteiger partial charge in [0.15, 0.2) is 0 Å². The van der Waals surface area contributed by atoms with Crippen molar-refractivity contribution in [3.63, 3.8) is 0 Å². The molecule has 2 N–H and O–H groups in total. The summed E-state index contributed by atoms with van der Waals surface area (Å²) in [6.45, 7) is 1.83. The van der Waals surface area contributed by atoms with E-state index in [4.69, 9.17) is 27.9 Å². The number of nitrogens with zero attached hydrogens (tertiary/aromatic N) is 1. The lowest BCUT2D eigenvalue weighted by Gasteiger charge is -2.15. The molecule has 2 aromatic carbocycles. The highest BCUT2D eigenvalue weighted by atomic mass is 35.5. The van der Waals surface area contributed by atoms with Gasteiger partial charge < -0.3 is 14.8 Å². The Morgan fingerprint density at radius 1 is 1.27 bits per heavy atom. The Bertz CT molecular complexity index is 1030. The smallest absolute Gasteiger partial charge is 0.339 e. The van der Waals surface area contributed by atoms with E-state index in [9.17, 15) is 14.8 Å². The average Bonchev–Trinajstić information content (AvgIpc) is 3.05. The molecule has 1 aromatic heterocycles. The van der Waals surface area contributed by atoms with E-state index in [1.54, 1.807) is 18.2 Å². The Labute approximate surface area is 158 Å². The first kappa shape index (κ1) is 18.4. The van der Waals surface area contributed by atoms with E-state index in [0.717, 1.165) is 10.9 Å². The number of rotatable bonds is 4. The summed E-state index contributed by atoms with van der Waals surface area (Å²) in [5.74, 6) is -0.630. The first-order valence-corrected chi connectivity index (χ1v) is 8.33.